The molecule has 194 valence electrons. The fraction of sp³-hybridized carbons (Fsp3) is 0.423. The summed E-state index contributed by atoms with van der Waals surface area (Å²) in [7, 11) is -3.68. The number of amidine groups is 1. The molecule has 0 saturated carbocycles. The summed E-state index contributed by atoms with van der Waals surface area (Å²) in [5.41, 5.74) is 2.48. The van der Waals surface area contributed by atoms with Crippen molar-refractivity contribution >= 4 is 39.1 Å². The molecule has 0 aromatic heterocycles. The second-order valence-electron chi connectivity index (χ2n) is 8.88. The molecule has 1 amide bonds. The van der Waals surface area contributed by atoms with Crippen molar-refractivity contribution in [1.82, 2.24) is 4.72 Å². The lowest BCUT2D eigenvalue weighted by atomic mass is 10.1. The third kappa shape index (κ3) is 8.76. The van der Waals surface area contributed by atoms with Gasteiger partial charge in [-0.25, -0.2) is 13.1 Å². The number of anilines is 2. The predicted molar refractivity (Wildman–Crippen MR) is 142 cm³/mol. The zero-order chi connectivity index (χ0) is 26.0. The van der Waals surface area contributed by atoms with E-state index in [0.717, 1.165) is 37.3 Å². The summed E-state index contributed by atoms with van der Waals surface area (Å²) in [5.74, 6) is -0.687. The Morgan fingerprint density at radius 3 is 2.56 bits per heavy atom. The lowest BCUT2D eigenvalue weighted by Gasteiger charge is -2.15. The number of rotatable bonds is 11. The zero-order valence-corrected chi connectivity index (χ0v) is 21.3. The molecule has 9 nitrogen and oxygen atoms in total. The number of nitrogens with one attached hydrogen (secondary N) is 3. The van der Waals surface area contributed by atoms with Gasteiger partial charge >= 0.3 is 5.97 Å². The summed E-state index contributed by atoms with van der Waals surface area (Å²) < 4.78 is 26.5. The molecular formula is C26H34N4O5S. The highest BCUT2D eigenvalue weighted by atomic mass is 32.2. The number of carbonyl (C=O) groups excluding carboxylic acids is 1. The van der Waals surface area contributed by atoms with E-state index in [1.54, 1.807) is 36.4 Å². The average Bonchev–Trinajstić information content (AvgIpc) is 3.12. The van der Waals surface area contributed by atoms with Crippen molar-refractivity contribution in [3.05, 3.63) is 59.7 Å². The van der Waals surface area contributed by atoms with Crippen molar-refractivity contribution in [3.63, 3.8) is 0 Å². The zero-order valence-electron chi connectivity index (χ0n) is 20.5. The highest BCUT2D eigenvalue weighted by molar-refractivity contribution is 7.89. The number of carboxylic acids is 1. The molecule has 0 bridgehead atoms. The molecule has 1 unspecified atom stereocenters. The lowest BCUT2D eigenvalue weighted by molar-refractivity contribution is -0.138. The number of benzene rings is 2. The summed E-state index contributed by atoms with van der Waals surface area (Å²) in [4.78, 5) is 28.9. The van der Waals surface area contributed by atoms with Crippen LogP contribution in [0.3, 0.4) is 0 Å². The molecule has 2 aromatic carbocycles. The third-order valence-corrected chi connectivity index (χ3v) is 7.30. The second-order valence-corrected chi connectivity index (χ2v) is 10.8. The van der Waals surface area contributed by atoms with Gasteiger partial charge in [0.2, 0.25) is 10.0 Å². The van der Waals surface area contributed by atoms with Gasteiger partial charge in [0.05, 0.1) is 5.75 Å². The van der Waals surface area contributed by atoms with Gasteiger partial charge in [-0.2, -0.15) is 0 Å². The standard InChI is InChI=1S/C26H34N4O5S/c1-2-3-16-36(34,35)30-23(26(32)33)17-19-11-13-21(14-12-19)29-25(31)20-8-7-9-22(18-20)28-24-10-5-4-6-15-27-24/h7-9,11-14,18,23,30H,2-6,10,15-17H2,1H3,(H,27,28)(H,29,31)(H,32,33). The number of carbonyl (C=O) groups is 2. The van der Waals surface area contributed by atoms with Crippen molar-refractivity contribution in [2.24, 2.45) is 4.99 Å². The van der Waals surface area contributed by atoms with E-state index in [9.17, 15) is 23.1 Å². The van der Waals surface area contributed by atoms with Crippen LogP contribution in [-0.4, -0.2) is 49.6 Å². The molecule has 0 aliphatic carbocycles. The van der Waals surface area contributed by atoms with Crippen LogP contribution in [0.5, 0.6) is 0 Å². The minimum atomic E-state index is -3.68. The van der Waals surface area contributed by atoms with E-state index in [-0.39, 0.29) is 18.1 Å². The molecule has 2 aromatic rings. The number of hydrogen-bond donors (Lipinski definition) is 4. The van der Waals surface area contributed by atoms with E-state index >= 15 is 0 Å². The number of aliphatic imine (C=N–C) groups is 1. The van der Waals surface area contributed by atoms with Crippen molar-refractivity contribution in [2.75, 3.05) is 22.9 Å². The smallest absolute Gasteiger partial charge is 0.322 e. The number of carboxylic acid groups (broad SMARTS) is 1. The van der Waals surface area contributed by atoms with Crippen LogP contribution in [0.2, 0.25) is 0 Å². The molecule has 3 rings (SSSR count). The number of nitrogens with zero attached hydrogens (tertiary/aromatic N) is 1. The predicted octanol–water partition coefficient (Wildman–Crippen LogP) is 4.04. The van der Waals surface area contributed by atoms with Gasteiger partial charge in [0.15, 0.2) is 0 Å². The van der Waals surface area contributed by atoms with Crippen LogP contribution in [0.15, 0.2) is 53.5 Å². The molecule has 0 saturated heterocycles. The average molecular weight is 515 g/mol. The van der Waals surface area contributed by atoms with Crippen LogP contribution in [-0.2, 0) is 21.2 Å². The first-order valence-corrected chi connectivity index (χ1v) is 13.9. The molecule has 0 spiro atoms. The first kappa shape index (κ1) is 27.3. The minimum Gasteiger partial charge on any atom is -0.480 e. The molecule has 1 heterocycles. The molecule has 0 fully saturated rings. The van der Waals surface area contributed by atoms with Crippen LogP contribution >= 0.6 is 0 Å². The normalized spacial score (nSPS) is 14.9. The number of unbranched alkanes of at least 4 members (excludes halogenated alkanes) is 1. The number of sulfonamides is 1. The van der Waals surface area contributed by atoms with Gasteiger partial charge in [-0.05, 0) is 61.6 Å². The molecule has 1 atom stereocenters. The Morgan fingerprint density at radius 2 is 1.83 bits per heavy atom. The maximum atomic E-state index is 12.8. The van der Waals surface area contributed by atoms with Gasteiger partial charge in [0, 0.05) is 29.9 Å². The number of aliphatic carboxylic acids is 1. The van der Waals surface area contributed by atoms with E-state index in [4.69, 9.17) is 0 Å². The maximum Gasteiger partial charge on any atom is 0.322 e. The van der Waals surface area contributed by atoms with Crippen molar-refractivity contribution in [3.8, 4) is 0 Å². The Kier molecular flexibility index (Phi) is 10.0. The Labute approximate surface area is 212 Å². The maximum absolute atomic E-state index is 12.8. The largest absolute Gasteiger partial charge is 0.480 e. The highest BCUT2D eigenvalue weighted by Crippen LogP contribution is 2.17. The second kappa shape index (κ2) is 13.2. The first-order chi connectivity index (χ1) is 17.3. The summed E-state index contributed by atoms with van der Waals surface area (Å²) in [5, 5.41) is 15.6. The van der Waals surface area contributed by atoms with E-state index in [2.05, 4.69) is 20.3 Å². The van der Waals surface area contributed by atoms with E-state index in [1.807, 2.05) is 19.1 Å². The highest BCUT2D eigenvalue weighted by Gasteiger charge is 2.24. The van der Waals surface area contributed by atoms with Crippen LogP contribution in [0.25, 0.3) is 0 Å². The quantitative estimate of drug-likeness (QED) is 0.357. The summed E-state index contributed by atoms with van der Waals surface area (Å²) in [6, 6.07) is 12.6. The molecule has 4 N–H and O–H groups in total. The summed E-state index contributed by atoms with van der Waals surface area (Å²) in [6.45, 7) is 2.68. The molecule has 10 heteroatoms. The lowest BCUT2D eigenvalue weighted by Crippen LogP contribution is -2.43. The molecule has 0 radical (unpaired) electrons. The van der Waals surface area contributed by atoms with Gasteiger partial charge in [-0.3, -0.25) is 14.6 Å². The fourth-order valence-electron chi connectivity index (χ4n) is 3.83. The van der Waals surface area contributed by atoms with Gasteiger partial charge in [0.25, 0.3) is 5.91 Å². The number of amides is 1. The molecular weight excluding hydrogens is 480 g/mol. The van der Waals surface area contributed by atoms with Crippen LogP contribution in [0.1, 0.15) is 61.4 Å². The summed E-state index contributed by atoms with van der Waals surface area (Å²) in [6.07, 6.45) is 5.41. The Balaban J connectivity index is 1.60. The Hall–Kier alpha value is -3.24. The molecule has 1 aliphatic rings. The van der Waals surface area contributed by atoms with Crippen LogP contribution in [0.4, 0.5) is 11.4 Å². The van der Waals surface area contributed by atoms with E-state index in [1.165, 1.54) is 6.42 Å². The minimum absolute atomic E-state index is 0.00742. The van der Waals surface area contributed by atoms with Gasteiger partial charge in [-0.15, -0.1) is 0 Å². The van der Waals surface area contributed by atoms with Gasteiger partial charge < -0.3 is 15.7 Å². The monoisotopic (exact) mass is 514 g/mol. The fourth-order valence-corrected chi connectivity index (χ4v) is 5.24. The van der Waals surface area contributed by atoms with E-state index < -0.39 is 22.0 Å². The topological polar surface area (TPSA) is 137 Å². The molecule has 1 aliphatic heterocycles. The SMILES string of the molecule is CCCCS(=O)(=O)NC(Cc1ccc(NC(=O)c2cccc(NC3=NCCCCC3)c2)cc1)C(=O)O. The van der Waals surface area contributed by atoms with Crippen LogP contribution < -0.4 is 15.4 Å². The van der Waals surface area contributed by atoms with Crippen molar-refractivity contribution < 1.29 is 23.1 Å². The van der Waals surface area contributed by atoms with Gasteiger partial charge in [0.1, 0.15) is 11.9 Å². The Bertz CT molecular complexity index is 1180. The molecule has 36 heavy (non-hydrogen) atoms. The Morgan fingerprint density at radius 1 is 1.06 bits per heavy atom. The van der Waals surface area contributed by atoms with Crippen LogP contribution in [0, 0.1) is 0 Å². The first-order valence-electron chi connectivity index (χ1n) is 12.3. The summed E-state index contributed by atoms with van der Waals surface area (Å²) >= 11 is 0. The van der Waals surface area contributed by atoms with Gasteiger partial charge in [-0.1, -0.05) is 38.0 Å². The number of hydrogen-bond acceptors (Lipinski definition) is 6. The third-order valence-electron chi connectivity index (χ3n) is 5.83. The van der Waals surface area contributed by atoms with Crippen molar-refractivity contribution in [2.45, 2.75) is 57.9 Å². The van der Waals surface area contributed by atoms with E-state index in [0.29, 0.717) is 29.7 Å². The van der Waals surface area contributed by atoms with Crippen molar-refractivity contribution in [1.29, 1.82) is 0 Å².